The highest BCUT2D eigenvalue weighted by molar-refractivity contribution is 7.92. The fourth-order valence-electron chi connectivity index (χ4n) is 2.83. The molecule has 0 N–H and O–H groups in total. The molecule has 0 aliphatic carbocycles. The minimum Gasteiger partial charge on any atom is -0.497 e. The molecule has 0 fully saturated rings. The fourth-order valence-corrected chi connectivity index (χ4v) is 4.17. The predicted octanol–water partition coefficient (Wildman–Crippen LogP) is 2.21. The summed E-state index contributed by atoms with van der Waals surface area (Å²) >= 11 is 0. The summed E-state index contributed by atoms with van der Waals surface area (Å²) in [6.45, 7) is 0.667. The van der Waals surface area contributed by atoms with E-state index in [1.54, 1.807) is 18.2 Å². The topological polar surface area (TPSA) is 99.2 Å². The van der Waals surface area contributed by atoms with E-state index in [-0.39, 0.29) is 11.4 Å². The first kappa shape index (κ1) is 24.1. The van der Waals surface area contributed by atoms with Crippen molar-refractivity contribution in [1.29, 1.82) is 0 Å². The lowest BCUT2D eigenvalue weighted by atomic mass is 10.1. The van der Waals surface area contributed by atoms with Gasteiger partial charge in [-0.1, -0.05) is 0 Å². The van der Waals surface area contributed by atoms with Crippen molar-refractivity contribution >= 4 is 21.7 Å². The molecule has 0 saturated carbocycles. The molecule has 0 aliphatic heterocycles. The third-order valence-corrected chi connectivity index (χ3v) is 6.66. The van der Waals surface area contributed by atoms with Crippen LogP contribution in [0.3, 0.4) is 0 Å². The predicted molar refractivity (Wildman–Crippen MR) is 110 cm³/mol. The molecule has 2 rings (SSSR count). The van der Waals surface area contributed by atoms with Crippen LogP contribution in [0, 0.1) is 5.82 Å². The van der Waals surface area contributed by atoms with Crippen LogP contribution in [0.15, 0.2) is 47.4 Å². The summed E-state index contributed by atoms with van der Waals surface area (Å²) < 4.78 is 54.0. The molecular weight excluding hydrogens is 429 g/mol. The van der Waals surface area contributed by atoms with E-state index in [2.05, 4.69) is 4.74 Å². The molecule has 168 valence electrons. The molecular formula is C21H24FNO7S. The van der Waals surface area contributed by atoms with Crippen LogP contribution in [0.1, 0.15) is 12.5 Å². The maximum Gasteiger partial charge on any atom is 0.325 e. The van der Waals surface area contributed by atoms with Crippen LogP contribution >= 0.6 is 0 Å². The lowest BCUT2D eigenvalue weighted by Crippen LogP contribution is -2.43. The Labute approximate surface area is 180 Å². The number of methoxy groups -OCH3 is 3. The average Bonchev–Trinajstić information content (AvgIpc) is 2.77. The number of ether oxygens (including phenoxy) is 3. The SMILES string of the molecule is COC(=O)CN(Cc1cc(OC)cc(OC)c1)C(=O)C(C)S(=O)(=O)c1ccc(F)cc1. The molecule has 0 heterocycles. The van der Waals surface area contributed by atoms with Gasteiger partial charge in [0, 0.05) is 12.6 Å². The molecule has 0 aliphatic rings. The smallest absolute Gasteiger partial charge is 0.325 e. The third kappa shape index (κ3) is 5.94. The highest BCUT2D eigenvalue weighted by Gasteiger charge is 2.34. The largest absolute Gasteiger partial charge is 0.497 e. The quantitative estimate of drug-likeness (QED) is 0.424. The lowest BCUT2D eigenvalue weighted by molar-refractivity contribution is -0.147. The van der Waals surface area contributed by atoms with Crippen molar-refractivity contribution in [2.45, 2.75) is 23.6 Å². The molecule has 1 amide bonds. The van der Waals surface area contributed by atoms with Gasteiger partial charge in [0.15, 0.2) is 9.84 Å². The summed E-state index contributed by atoms with van der Waals surface area (Å²) in [6, 6.07) is 9.09. The van der Waals surface area contributed by atoms with Crippen molar-refractivity contribution in [2.24, 2.45) is 0 Å². The number of hydrogen-bond donors (Lipinski definition) is 0. The van der Waals surface area contributed by atoms with E-state index in [0.717, 1.165) is 36.3 Å². The van der Waals surface area contributed by atoms with Gasteiger partial charge in [-0.3, -0.25) is 9.59 Å². The van der Waals surface area contributed by atoms with Crippen molar-refractivity contribution in [3.63, 3.8) is 0 Å². The van der Waals surface area contributed by atoms with Crippen LogP contribution in [-0.2, 0) is 30.7 Å². The summed E-state index contributed by atoms with van der Waals surface area (Å²) in [4.78, 5) is 25.9. The van der Waals surface area contributed by atoms with Crippen molar-refractivity contribution in [1.82, 2.24) is 4.90 Å². The van der Waals surface area contributed by atoms with Gasteiger partial charge in [-0.05, 0) is 48.9 Å². The van der Waals surface area contributed by atoms with Crippen LogP contribution in [0.4, 0.5) is 4.39 Å². The van der Waals surface area contributed by atoms with Gasteiger partial charge in [-0.2, -0.15) is 0 Å². The number of hydrogen-bond acceptors (Lipinski definition) is 7. The molecule has 2 aromatic rings. The van der Waals surface area contributed by atoms with Crippen molar-refractivity contribution in [3.8, 4) is 11.5 Å². The molecule has 0 spiro atoms. The fraction of sp³-hybridized carbons (Fsp3) is 0.333. The standard InChI is InChI=1S/C21H24FNO7S/c1-14(31(26,27)19-7-5-16(22)6-8-19)21(25)23(13-20(24)30-4)12-15-9-17(28-2)11-18(10-15)29-3/h5-11,14H,12-13H2,1-4H3. The zero-order valence-electron chi connectivity index (χ0n) is 17.6. The lowest BCUT2D eigenvalue weighted by Gasteiger charge is -2.25. The molecule has 10 heteroatoms. The molecule has 0 aromatic heterocycles. The van der Waals surface area contributed by atoms with Gasteiger partial charge in [0.25, 0.3) is 0 Å². The van der Waals surface area contributed by atoms with E-state index < -0.39 is 39.3 Å². The van der Waals surface area contributed by atoms with Crippen LogP contribution in [0.5, 0.6) is 11.5 Å². The number of benzene rings is 2. The Morgan fingerprint density at radius 3 is 2.03 bits per heavy atom. The number of sulfone groups is 1. The first-order valence-electron chi connectivity index (χ1n) is 9.19. The second-order valence-electron chi connectivity index (χ2n) is 6.63. The summed E-state index contributed by atoms with van der Waals surface area (Å²) in [5, 5.41) is -1.52. The first-order chi connectivity index (χ1) is 14.6. The van der Waals surface area contributed by atoms with Gasteiger partial charge in [0.2, 0.25) is 5.91 Å². The number of nitrogens with zero attached hydrogens (tertiary/aromatic N) is 1. The van der Waals surface area contributed by atoms with E-state index in [1.165, 1.54) is 21.1 Å². The maximum atomic E-state index is 13.2. The zero-order chi connectivity index (χ0) is 23.2. The molecule has 1 atom stereocenters. The van der Waals surface area contributed by atoms with E-state index in [1.807, 2.05) is 0 Å². The van der Waals surface area contributed by atoms with Crippen molar-refractivity contribution in [2.75, 3.05) is 27.9 Å². The van der Waals surface area contributed by atoms with E-state index in [4.69, 9.17) is 9.47 Å². The number of amides is 1. The molecule has 0 saturated heterocycles. The summed E-state index contributed by atoms with van der Waals surface area (Å²) in [5.74, 6) is -1.19. The number of carbonyl (C=O) groups is 2. The van der Waals surface area contributed by atoms with Crippen LogP contribution in [-0.4, -0.2) is 58.3 Å². The van der Waals surface area contributed by atoms with Gasteiger partial charge in [0.05, 0.1) is 26.2 Å². The Balaban J connectivity index is 2.37. The Hall–Kier alpha value is -3.14. The van der Waals surface area contributed by atoms with Crippen LogP contribution < -0.4 is 9.47 Å². The van der Waals surface area contributed by atoms with E-state index >= 15 is 0 Å². The molecule has 31 heavy (non-hydrogen) atoms. The summed E-state index contributed by atoms with van der Waals surface area (Å²) in [7, 11) is -0.0238. The van der Waals surface area contributed by atoms with Gasteiger partial charge in [-0.25, -0.2) is 12.8 Å². The number of carbonyl (C=O) groups excluding carboxylic acids is 2. The Kier molecular flexibility index (Phi) is 7.98. The maximum absolute atomic E-state index is 13.2. The molecule has 8 nitrogen and oxygen atoms in total. The minimum atomic E-state index is -4.12. The summed E-state index contributed by atoms with van der Waals surface area (Å²) in [5.41, 5.74) is 0.555. The summed E-state index contributed by atoms with van der Waals surface area (Å²) in [6.07, 6.45) is 0. The monoisotopic (exact) mass is 453 g/mol. The second kappa shape index (κ2) is 10.3. The first-order valence-corrected chi connectivity index (χ1v) is 10.7. The molecule has 0 radical (unpaired) electrons. The molecule has 1 unspecified atom stereocenters. The second-order valence-corrected chi connectivity index (χ2v) is 8.90. The number of rotatable bonds is 9. The minimum absolute atomic E-state index is 0.0925. The van der Waals surface area contributed by atoms with Gasteiger partial charge in [0.1, 0.15) is 29.1 Å². The van der Waals surface area contributed by atoms with Gasteiger partial charge in [-0.15, -0.1) is 0 Å². The third-order valence-electron chi connectivity index (χ3n) is 4.60. The van der Waals surface area contributed by atoms with E-state index in [0.29, 0.717) is 17.1 Å². The highest BCUT2D eigenvalue weighted by Crippen LogP contribution is 2.25. The number of halogens is 1. The number of esters is 1. The van der Waals surface area contributed by atoms with Crippen molar-refractivity contribution < 1.29 is 36.6 Å². The molecule has 0 bridgehead atoms. The normalized spacial score (nSPS) is 12.0. The van der Waals surface area contributed by atoms with Crippen molar-refractivity contribution in [3.05, 3.63) is 53.8 Å². The Morgan fingerprint density at radius 2 is 1.55 bits per heavy atom. The van der Waals surface area contributed by atoms with E-state index in [9.17, 15) is 22.4 Å². The zero-order valence-corrected chi connectivity index (χ0v) is 18.4. The molecule has 2 aromatic carbocycles. The average molecular weight is 453 g/mol. The van der Waals surface area contributed by atoms with Crippen LogP contribution in [0.25, 0.3) is 0 Å². The van der Waals surface area contributed by atoms with Crippen LogP contribution in [0.2, 0.25) is 0 Å². The van der Waals surface area contributed by atoms with Gasteiger partial charge >= 0.3 is 5.97 Å². The van der Waals surface area contributed by atoms with Gasteiger partial charge < -0.3 is 19.1 Å². The Morgan fingerprint density at radius 1 is 1.00 bits per heavy atom. The highest BCUT2D eigenvalue weighted by atomic mass is 32.2. The Bertz CT molecular complexity index is 1020.